The first-order valence-electron chi connectivity index (χ1n) is 5.82. The molecule has 1 rings (SSSR count). The summed E-state index contributed by atoms with van der Waals surface area (Å²) >= 11 is 1.40. The van der Waals surface area contributed by atoms with Crippen LogP contribution in [0.3, 0.4) is 0 Å². The molecule has 104 valence electrons. The Balaban J connectivity index is 2.41. The van der Waals surface area contributed by atoms with Gasteiger partial charge in [0.05, 0.1) is 22.1 Å². The monoisotopic (exact) mass is 288 g/mol. The first-order valence-corrected chi connectivity index (χ1v) is 6.80. The van der Waals surface area contributed by atoms with Crippen molar-refractivity contribution in [3.8, 4) is 6.07 Å². The van der Waals surface area contributed by atoms with Gasteiger partial charge < -0.3 is 0 Å². The van der Waals surface area contributed by atoms with Gasteiger partial charge in [0, 0.05) is 6.20 Å². The lowest BCUT2D eigenvalue weighted by atomic mass is 9.90. The quantitative estimate of drug-likeness (QED) is 0.590. The minimum Gasteiger partial charge on any atom is -0.249 e. The highest BCUT2D eigenvalue weighted by molar-refractivity contribution is 7.99. The van der Waals surface area contributed by atoms with Gasteiger partial charge in [0.2, 0.25) is 0 Å². The van der Waals surface area contributed by atoms with E-state index in [1.807, 2.05) is 13.8 Å². The van der Waals surface area contributed by atoms with E-state index in [2.05, 4.69) is 11.1 Å². The molecule has 0 amide bonds. The minimum atomic E-state index is -4.34. The Hall–Kier alpha value is -1.22. The Morgan fingerprint density at radius 1 is 1.32 bits per heavy atom. The van der Waals surface area contributed by atoms with Crippen molar-refractivity contribution in [3.05, 3.63) is 23.9 Å². The van der Waals surface area contributed by atoms with Gasteiger partial charge in [-0.05, 0) is 44.6 Å². The maximum atomic E-state index is 12.3. The number of aromatic nitrogens is 1. The Morgan fingerprint density at radius 3 is 2.47 bits per heavy atom. The van der Waals surface area contributed by atoms with E-state index >= 15 is 0 Å². The van der Waals surface area contributed by atoms with Gasteiger partial charge in [0.25, 0.3) is 0 Å². The van der Waals surface area contributed by atoms with E-state index in [1.54, 1.807) is 0 Å². The molecule has 0 spiro atoms. The maximum absolute atomic E-state index is 12.3. The van der Waals surface area contributed by atoms with Crippen LogP contribution in [-0.2, 0) is 6.18 Å². The topological polar surface area (TPSA) is 36.7 Å². The molecule has 1 aromatic heterocycles. The van der Waals surface area contributed by atoms with E-state index in [1.165, 1.54) is 17.8 Å². The molecular formula is C13H15F3N2S. The molecule has 0 unspecified atom stereocenters. The number of nitriles is 1. The molecule has 0 aliphatic rings. The van der Waals surface area contributed by atoms with Crippen LogP contribution in [0.4, 0.5) is 13.2 Å². The van der Waals surface area contributed by atoms with Crippen molar-refractivity contribution >= 4 is 11.8 Å². The van der Waals surface area contributed by atoms with E-state index in [4.69, 9.17) is 5.26 Å². The standard InChI is InChI=1S/C13H15F3N2S/c1-12(2,9-17)6-3-7-19-11-5-4-10(8-18-11)13(14,15)16/h4-5,8H,3,6-7H2,1-2H3. The van der Waals surface area contributed by atoms with Gasteiger partial charge in [-0.15, -0.1) is 11.8 Å². The molecule has 0 aliphatic carbocycles. The number of hydrogen-bond acceptors (Lipinski definition) is 3. The molecule has 0 saturated heterocycles. The lowest BCUT2D eigenvalue weighted by Crippen LogP contribution is -2.07. The van der Waals surface area contributed by atoms with Crippen molar-refractivity contribution in [2.45, 2.75) is 37.9 Å². The second kappa shape index (κ2) is 6.29. The average molecular weight is 288 g/mol. The minimum absolute atomic E-state index is 0.353. The van der Waals surface area contributed by atoms with Gasteiger partial charge in [0.15, 0.2) is 0 Å². The fraction of sp³-hybridized carbons (Fsp3) is 0.538. The van der Waals surface area contributed by atoms with Crippen LogP contribution in [0.25, 0.3) is 0 Å². The predicted octanol–water partition coefficient (Wildman–Crippen LogP) is 4.52. The highest BCUT2D eigenvalue weighted by atomic mass is 32.2. The fourth-order valence-corrected chi connectivity index (χ4v) is 2.17. The second-order valence-electron chi connectivity index (χ2n) is 4.83. The number of thioether (sulfide) groups is 1. The number of hydrogen-bond donors (Lipinski definition) is 0. The van der Waals surface area contributed by atoms with Crippen LogP contribution in [0.5, 0.6) is 0 Å². The van der Waals surface area contributed by atoms with E-state index in [0.717, 1.165) is 30.9 Å². The first kappa shape index (κ1) is 15.8. The Bertz CT molecular complexity index is 446. The molecule has 2 nitrogen and oxygen atoms in total. The molecule has 0 atom stereocenters. The highest BCUT2D eigenvalue weighted by Gasteiger charge is 2.30. The molecule has 0 aliphatic heterocycles. The summed E-state index contributed by atoms with van der Waals surface area (Å²) in [5, 5.41) is 9.41. The molecule has 0 fully saturated rings. The van der Waals surface area contributed by atoms with Crippen molar-refractivity contribution in [1.29, 1.82) is 5.26 Å². The molecule has 1 heterocycles. The van der Waals surface area contributed by atoms with Crippen molar-refractivity contribution < 1.29 is 13.2 Å². The normalized spacial score (nSPS) is 12.2. The fourth-order valence-electron chi connectivity index (χ4n) is 1.38. The van der Waals surface area contributed by atoms with Crippen LogP contribution in [-0.4, -0.2) is 10.7 Å². The molecule has 19 heavy (non-hydrogen) atoms. The highest BCUT2D eigenvalue weighted by Crippen LogP contribution is 2.30. The summed E-state index contributed by atoms with van der Waals surface area (Å²) in [5.74, 6) is 0.740. The van der Waals surface area contributed by atoms with Crippen LogP contribution in [0.1, 0.15) is 32.3 Å². The van der Waals surface area contributed by atoms with Crippen LogP contribution < -0.4 is 0 Å². The van der Waals surface area contributed by atoms with Gasteiger partial charge in [-0.3, -0.25) is 0 Å². The summed E-state index contributed by atoms with van der Waals surface area (Å²) in [6.45, 7) is 3.74. The third kappa shape index (κ3) is 5.52. The lowest BCUT2D eigenvalue weighted by molar-refractivity contribution is -0.137. The average Bonchev–Trinajstić information content (AvgIpc) is 2.34. The van der Waals surface area contributed by atoms with Crippen LogP contribution in [0, 0.1) is 16.7 Å². The Labute approximate surface area is 115 Å². The van der Waals surface area contributed by atoms with Crippen molar-refractivity contribution in [1.82, 2.24) is 4.98 Å². The lowest BCUT2D eigenvalue weighted by Gasteiger charge is -2.13. The first-order chi connectivity index (χ1) is 8.74. The summed E-state index contributed by atoms with van der Waals surface area (Å²) < 4.78 is 37.0. The zero-order valence-electron chi connectivity index (χ0n) is 10.8. The number of halogens is 3. The third-order valence-electron chi connectivity index (χ3n) is 2.56. The summed E-state index contributed by atoms with van der Waals surface area (Å²) in [4.78, 5) is 3.78. The van der Waals surface area contributed by atoms with E-state index in [-0.39, 0.29) is 5.41 Å². The molecule has 0 saturated carbocycles. The number of alkyl halides is 3. The Morgan fingerprint density at radius 2 is 2.00 bits per heavy atom. The zero-order chi connectivity index (χ0) is 14.5. The molecular weight excluding hydrogens is 273 g/mol. The number of rotatable bonds is 5. The van der Waals surface area contributed by atoms with E-state index < -0.39 is 11.7 Å². The summed E-state index contributed by atoms with van der Waals surface area (Å²) in [6.07, 6.45) is -1.90. The molecule has 0 bridgehead atoms. The molecule has 6 heteroatoms. The predicted molar refractivity (Wildman–Crippen MR) is 68.6 cm³/mol. The summed E-state index contributed by atoms with van der Waals surface area (Å²) in [6, 6.07) is 4.63. The molecule has 0 radical (unpaired) electrons. The molecule has 1 aromatic rings. The van der Waals surface area contributed by atoms with Gasteiger partial charge in [-0.1, -0.05) is 0 Å². The van der Waals surface area contributed by atoms with Gasteiger partial charge in [-0.25, -0.2) is 4.98 Å². The SMILES string of the molecule is CC(C)(C#N)CCCSc1ccc(C(F)(F)F)cn1. The smallest absolute Gasteiger partial charge is 0.249 e. The zero-order valence-corrected chi connectivity index (χ0v) is 11.6. The number of pyridine rings is 1. The number of nitrogens with zero attached hydrogens (tertiary/aromatic N) is 2. The van der Waals surface area contributed by atoms with Gasteiger partial charge in [-0.2, -0.15) is 18.4 Å². The van der Waals surface area contributed by atoms with Crippen LogP contribution in [0.15, 0.2) is 23.4 Å². The Kier molecular flexibility index (Phi) is 5.24. The third-order valence-corrected chi connectivity index (χ3v) is 3.59. The second-order valence-corrected chi connectivity index (χ2v) is 5.95. The van der Waals surface area contributed by atoms with Crippen LogP contribution >= 0.6 is 11.8 Å². The van der Waals surface area contributed by atoms with E-state index in [9.17, 15) is 13.2 Å². The van der Waals surface area contributed by atoms with Crippen molar-refractivity contribution in [2.24, 2.45) is 5.41 Å². The molecule has 0 aromatic carbocycles. The largest absolute Gasteiger partial charge is 0.417 e. The van der Waals surface area contributed by atoms with Crippen molar-refractivity contribution in [2.75, 3.05) is 5.75 Å². The summed E-state index contributed by atoms with van der Waals surface area (Å²) in [7, 11) is 0. The van der Waals surface area contributed by atoms with Crippen molar-refractivity contribution in [3.63, 3.8) is 0 Å². The molecule has 0 N–H and O–H groups in total. The maximum Gasteiger partial charge on any atom is 0.417 e. The van der Waals surface area contributed by atoms with Gasteiger partial charge in [0.1, 0.15) is 0 Å². The summed E-state index contributed by atoms with van der Waals surface area (Å²) in [5.41, 5.74) is -1.09. The van der Waals surface area contributed by atoms with E-state index in [0.29, 0.717) is 5.03 Å². The van der Waals surface area contributed by atoms with Gasteiger partial charge >= 0.3 is 6.18 Å². The van der Waals surface area contributed by atoms with Crippen LogP contribution in [0.2, 0.25) is 0 Å².